The van der Waals surface area contributed by atoms with Crippen molar-refractivity contribution in [3.05, 3.63) is 46.2 Å². The Kier molecular flexibility index (Phi) is 4.68. The number of nitrogens with one attached hydrogen (secondary N) is 2. The van der Waals surface area contributed by atoms with E-state index in [2.05, 4.69) is 36.5 Å². The standard InChI is InChI=1S/C14H15BrN4O/c1-9-7-11(15)3-4-12(9)19-13(20)8-17-14-16-6-5-10(2)18-14/h3-7H,8H2,1-2H3,(H,19,20)(H,16,17,18). The highest BCUT2D eigenvalue weighted by Gasteiger charge is 2.06. The Hall–Kier alpha value is -1.95. The van der Waals surface area contributed by atoms with Gasteiger partial charge in [-0.1, -0.05) is 15.9 Å². The van der Waals surface area contributed by atoms with Crippen LogP contribution in [0.2, 0.25) is 0 Å². The van der Waals surface area contributed by atoms with Crippen molar-refractivity contribution in [1.82, 2.24) is 9.97 Å². The Labute approximate surface area is 126 Å². The largest absolute Gasteiger partial charge is 0.345 e. The maximum absolute atomic E-state index is 11.9. The summed E-state index contributed by atoms with van der Waals surface area (Å²) in [5.41, 5.74) is 2.65. The molecule has 0 aliphatic heterocycles. The lowest BCUT2D eigenvalue weighted by Crippen LogP contribution is -2.23. The van der Waals surface area contributed by atoms with E-state index in [1.807, 2.05) is 32.0 Å². The molecule has 1 amide bonds. The first-order chi connectivity index (χ1) is 9.54. The van der Waals surface area contributed by atoms with Gasteiger partial charge in [0, 0.05) is 22.1 Å². The summed E-state index contributed by atoms with van der Waals surface area (Å²) in [5.74, 6) is 0.313. The molecule has 0 saturated heterocycles. The highest BCUT2D eigenvalue weighted by molar-refractivity contribution is 9.10. The van der Waals surface area contributed by atoms with Gasteiger partial charge in [-0.25, -0.2) is 9.97 Å². The van der Waals surface area contributed by atoms with Crippen LogP contribution < -0.4 is 10.6 Å². The Morgan fingerprint density at radius 1 is 1.30 bits per heavy atom. The average molecular weight is 335 g/mol. The number of halogens is 1. The van der Waals surface area contributed by atoms with Crippen LogP contribution in [0.4, 0.5) is 11.6 Å². The summed E-state index contributed by atoms with van der Waals surface area (Å²) in [7, 11) is 0. The Balaban J connectivity index is 1.92. The van der Waals surface area contributed by atoms with Gasteiger partial charge in [-0.15, -0.1) is 0 Å². The minimum atomic E-state index is -0.138. The third kappa shape index (κ3) is 4.03. The molecule has 0 bridgehead atoms. The number of hydrogen-bond acceptors (Lipinski definition) is 4. The highest BCUT2D eigenvalue weighted by Crippen LogP contribution is 2.19. The molecule has 104 valence electrons. The summed E-state index contributed by atoms with van der Waals surface area (Å²) in [6.45, 7) is 3.94. The van der Waals surface area contributed by atoms with Crippen molar-refractivity contribution >= 4 is 33.5 Å². The van der Waals surface area contributed by atoms with Crippen molar-refractivity contribution in [2.45, 2.75) is 13.8 Å². The second-order valence-corrected chi connectivity index (χ2v) is 5.30. The number of benzene rings is 1. The van der Waals surface area contributed by atoms with Gasteiger partial charge in [0.1, 0.15) is 0 Å². The summed E-state index contributed by atoms with van der Waals surface area (Å²) < 4.78 is 0.985. The highest BCUT2D eigenvalue weighted by atomic mass is 79.9. The van der Waals surface area contributed by atoms with E-state index < -0.39 is 0 Å². The number of hydrogen-bond donors (Lipinski definition) is 2. The molecule has 1 aromatic carbocycles. The minimum absolute atomic E-state index is 0.124. The SMILES string of the molecule is Cc1ccnc(NCC(=O)Nc2ccc(Br)cc2C)n1. The first kappa shape index (κ1) is 14.5. The maximum Gasteiger partial charge on any atom is 0.243 e. The van der Waals surface area contributed by atoms with Gasteiger partial charge in [-0.2, -0.15) is 0 Å². The molecule has 0 saturated carbocycles. The molecule has 0 spiro atoms. The summed E-state index contributed by atoms with van der Waals surface area (Å²) in [6.07, 6.45) is 1.65. The molecule has 0 aliphatic carbocycles. The van der Waals surface area contributed by atoms with E-state index in [9.17, 15) is 4.79 Å². The third-order valence-electron chi connectivity index (χ3n) is 2.66. The monoisotopic (exact) mass is 334 g/mol. The van der Waals surface area contributed by atoms with Crippen molar-refractivity contribution in [3.63, 3.8) is 0 Å². The van der Waals surface area contributed by atoms with E-state index in [4.69, 9.17) is 0 Å². The van der Waals surface area contributed by atoms with Crippen molar-refractivity contribution in [2.24, 2.45) is 0 Å². The van der Waals surface area contributed by atoms with Gasteiger partial charge in [0.05, 0.1) is 6.54 Å². The zero-order valence-electron chi connectivity index (χ0n) is 11.3. The Morgan fingerprint density at radius 2 is 2.10 bits per heavy atom. The van der Waals surface area contributed by atoms with Crippen molar-refractivity contribution in [3.8, 4) is 0 Å². The van der Waals surface area contributed by atoms with Crippen LogP contribution in [0.25, 0.3) is 0 Å². The molecule has 1 heterocycles. The van der Waals surface area contributed by atoms with Crippen LogP contribution in [-0.2, 0) is 4.79 Å². The Morgan fingerprint density at radius 3 is 2.80 bits per heavy atom. The molecule has 0 atom stereocenters. The second kappa shape index (κ2) is 6.47. The summed E-state index contributed by atoms with van der Waals surface area (Å²) in [4.78, 5) is 20.1. The molecule has 2 N–H and O–H groups in total. The van der Waals surface area contributed by atoms with Gasteiger partial charge < -0.3 is 10.6 Å². The number of anilines is 2. The lowest BCUT2D eigenvalue weighted by atomic mass is 10.2. The normalized spacial score (nSPS) is 10.2. The molecule has 5 nitrogen and oxygen atoms in total. The zero-order chi connectivity index (χ0) is 14.5. The minimum Gasteiger partial charge on any atom is -0.345 e. The number of carbonyl (C=O) groups excluding carboxylic acids is 1. The molecule has 20 heavy (non-hydrogen) atoms. The van der Waals surface area contributed by atoms with E-state index in [0.717, 1.165) is 21.4 Å². The van der Waals surface area contributed by atoms with Gasteiger partial charge >= 0.3 is 0 Å². The van der Waals surface area contributed by atoms with E-state index >= 15 is 0 Å². The first-order valence-corrected chi connectivity index (χ1v) is 6.93. The molecule has 1 aromatic heterocycles. The maximum atomic E-state index is 11.9. The summed E-state index contributed by atoms with van der Waals surface area (Å²) in [6, 6.07) is 7.50. The first-order valence-electron chi connectivity index (χ1n) is 6.14. The predicted octanol–water partition coefficient (Wildman–Crippen LogP) is 2.91. The lowest BCUT2D eigenvalue weighted by molar-refractivity contribution is -0.114. The van der Waals surface area contributed by atoms with Crippen LogP contribution in [0.1, 0.15) is 11.3 Å². The predicted molar refractivity (Wildman–Crippen MR) is 82.8 cm³/mol. The number of rotatable bonds is 4. The molecule has 0 radical (unpaired) electrons. The van der Waals surface area contributed by atoms with Crippen LogP contribution in [0.3, 0.4) is 0 Å². The van der Waals surface area contributed by atoms with Crippen LogP contribution in [0.5, 0.6) is 0 Å². The number of carbonyl (C=O) groups is 1. The van der Waals surface area contributed by atoms with E-state index in [1.54, 1.807) is 12.3 Å². The topological polar surface area (TPSA) is 66.9 Å². The van der Waals surface area contributed by atoms with Gasteiger partial charge in [0.2, 0.25) is 11.9 Å². The molecule has 6 heteroatoms. The van der Waals surface area contributed by atoms with E-state index in [-0.39, 0.29) is 12.5 Å². The fourth-order valence-electron chi connectivity index (χ4n) is 1.66. The van der Waals surface area contributed by atoms with Crippen LogP contribution in [0.15, 0.2) is 34.9 Å². The van der Waals surface area contributed by atoms with Crippen LogP contribution >= 0.6 is 15.9 Å². The number of aromatic nitrogens is 2. The fraction of sp³-hybridized carbons (Fsp3) is 0.214. The Bertz CT molecular complexity index is 630. The number of amides is 1. The van der Waals surface area contributed by atoms with E-state index in [0.29, 0.717) is 5.95 Å². The van der Waals surface area contributed by atoms with E-state index in [1.165, 1.54) is 0 Å². The third-order valence-corrected chi connectivity index (χ3v) is 3.16. The molecular formula is C14H15BrN4O. The smallest absolute Gasteiger partial charge is 0.243 e. The number of aryl methyl sites for hydroxylation is 2. The quantitative estimate of drug-likeness (QED) is 0.902. The van der Waals surface area contributed by atoms with Gasteiger partial charge in [0.25, 0.3) is 0 Å². The summed E-state index contributed by atoms with van der Waals surface area (Å²) >= 11 is 3.39. The van der Waals surface area contributed by atoms with Crippen LogP contribution in [-0.4, -0.2) is 22.4 Å². The summed E-state index contributed by atoms with van der Waals surface area (Å²) in [5, 5.41) is 5.74. The molecule has 0 aliphatic rings. The molecular weight excluding hydrogens is 320 g/mol. The van der Waals surface area contributed by atoms with Crippen molar-refractivity contribution in [2.75, 3.05) is 17.2 Å². The number of nitrogens with zero attached hydrogens (tertiary/aromatic N) is 2. The second-order valence-electron chi connectivity index (χ2n) is 4.38. The molecule has 0 fully saturated rings. The fourth-order valence-corrected chi connectivity index (χ4v) is 2.13. The van der Waals surface area contributed by atoms with Crippen LogP contribution in [0, 0.1) is 13.8 Å². The molecule has 2 aromatic rings. The van der Waals surface area contributed by atoms with Gasteiger partial charge in [-0.05, 0) is 43.7 Å². The zero-order valence-corrected chi connectivity index (χ0v) is 12.9. The lowest BCUT2D eigenvalue weighted by Gasteiger charge is -2.09. The molecule has 0 unspecified atom stereocenters. The van der Waals surface area contributed by atoms with Gasteiger partial charge in [0.15, 0.2) is 0 Å². The average Bonchev–Trinajstić information content (AvgIpc) is 2.40. The van der Waals surface area contributed by atoms with Crippen molar-refractivity contribution in [1.29, 1.82) is 0 Å². The molecule has 2 rings (SSSR count). The van der Waals surface area contributed by atoms with Crippen molar-refractivity contribution < 1.29 is 4.79 Å². The van der Waals surface area contributed by atoms with Gasteiger partial charge in [-0.3, -0.25) is 4.79 Å².